The van der Waals surface area contributed by atoms with E-state index < -0.39 is 12.1 Å². The van der Waals surface area contributed by atoms with Crippen molar-refractivity contribution in [2.24, 2.45) is 5.73 Å². The summed E-state index contributed by atoms with van der Waals surface area (Å²) in [4.78, 5) is 25.3. The number of nitrogens with one attached hydrogen (secondary N) is 1. The lowest BCUT2D eigenvalue weighted by atomic mass is 10.0. The number of benzene rings is 2. The van der Waals surface area contributed by atoms with Crippen LogP contribution in [0, 0.1) is 0 Å². The number of carbonyl (C=O) groups excluding carboxylic acids is 2. The molecule has 2 rings (SSSR count). The van der Waals surface area contributed by atoms with Gasteiger partial charge >= 0.3 is 6.03 Å². The molecule has 3 N–H and O–H groups in total. The van der Waals surface area contributed by atoms with Gasteiger partial charge in [-0.1, -0.05) is 54.1 Å². The first-order chi connectivity index (χ1) is 11.5. The zero-order valence-corrected chi connectivity index (χ0v) is 14.2. The SMILES string of the molecule is CN(Cc1cccc(Cl)c1)C(=O)CC(NC(N)=O)c1ccccc1. The van der Waals surface area contributed by atoms with Crippen LogP contribution in [0.3, 0.4) is 0 Å². The van der Waals surface area contributed by atoms with Crippen LogP contribution in [0.5, 0.6) is 0 Å². The van der Waals surface area contributed by atoms with E-state index in [2.05, 4.69) is 5.32 Å². The molecule has 3 amide bonds. The number of urea groups is 1. The number of amides is 3. The highest BCUT2D eigenvalue weighted by atomic mass is 35.5. The summed E-state index contributed by atoms with van der Waals surface area (Å²) >= 11 is 5.96. The number of carbonyl (C=O) groups is 2. The van der Waals surface area contributed by atoms with Gasteiger partial charge in [0.1, 0.15) is 0 Å². The lowest BCUT2D eigenvalue weighted by Crippen LogP contribution is -2.37. The summed E-state index contributed by atoms with van der Waals surface area (Å²) in [6.07, 6.45) is 0.129. The molecule has 2 aromatic carbocycles. The van der Waals surface area contributed by atoms with Crippen molar-refractivity contribution < 1.29 is 9.59 Å². The van der Waals surface area contributed by atoms with Crippen LogP contribution in [-0.2, 0) is 11.3 Å². The normalized spacial score (nSPS) is 11.6. The Kier molecular flexibility index (Phi) is 6.21. The van der Waals surface area contributed by atoms with Crippen molar-refractivity contribution in [1.82, 2.24) is 10.2 Å². The molecular weight excluding hydrogens is 326 g/mol. The molecule has 0 saturated carbocycles. The fourth-order valence-electron chi connectivity index (χ4n) is 2.44. The van der Waals surface area contributed by atoms with Crippen LogP contribution in [-0.4, -0.2) is 23.9 Å². The number of nitrogens with zero attached hydrogens (tertiary/aromatic N) is 1. The Labute approximate surface area is 146 Å². The average Bonchev–Trinajstić information content (AvgIpc) is 2.54. The summed E-state index contributed by atoms with van der Waals surface area (Å²) in [6, 6.07) is 15.5. The molecule has 0 aromatic heterocycles. The van der Waals surface area contributed by atoms with Crippen LogP contribution in [0.25, 0.3) is 0 Å². The molecule has 0 aliphatic rings. The third-order valence-electron chi connectivity index (χ3n) is 3.63. The van der Waals surface area contributed by atoms with E-state index in [1.165, 1.54) is 0 Å². The Balaban J connectivity index is 2.05. The van der Waals surface area contributed by atoms with Crippen molar-refractivity contribution in [3.05, 3.63) is 70.7 Å². The van der Waals surface area contributed by atoms with Crippen molar-refractivity contribution in [1.29, 1.82) is 0 Å². The van der Waals surface area contributed by atoms with Crippen LogP contribution >= 0.6 is 11.6 Å². The summed E-state index contributed by atoms with van der Waals surface area (Å²) in [5.74, 6) is -0.0995. The molecule has 2 aromatic rings. The maximum absolute atomic E-state index is 12.5. The van der Waals surface area contributed by atoms with Crippen molar-refractivity contribution in [3.8, 4) is 0 Å². The van der Waals surface area contributed by atoms with E-state index in [9.17, 15) is 9.59 Å². The standard InChI is InChI=1S/C18H20ClN3O2/c1-22(12-13-6-5-9-15(19)10-13)17(23)11-16(21-18(20)24)14-7-3-2-4-8-14/h2-10,16H,11-12H2,1H3,(H3,20,21,24). The Morgan fingerprint density at radius 1 is 1.17 bits per heavy atom. The summed E-state index contributed by atoms with van der Waals surface area (Å²) in [5.41, 5.74) is 7.01. The average molecular weight is 346 g/mol. The highest BCUT2D eigenvalue weighted by molar-refractivity contribution is 6.30. The Bertz CT molecular complexity index is 706. The number of halogens is 1. The molecule has 0 saturated heterocycles. The number of nitrogens with two attached hydrogens (primary N) is 1. The number of hydrogen-bond acceptors (Lipinski definition) is 2. The zero-order valence-electron chi connectivity index (χ0n) is 13.4. The molecule has 24 heavy (non-hydrogen) atoms. The van der Waals surface area contributed by atoms with Gasteiger partial charge in [-0.2, -0.15) is 0 Å². The van der Waals surface area contributed by atoms with Crippen LogP contribution in [0.15, 0.2) is 54.6 Å². The largest absolute Gasteiger partial charge is 0.352 e. The summed E-state index contributed by atoms with van der Waals surface area (Å²) in [7, 11) is 1.72. The number of primary amides is 1. The summed E-state index contributed by atoms with van der Waals surface area (Å²) in [5, 5.41) is 3.26. The van der Waals surface area contributed by atoms with E-state index in [4.69, 9.17) is 17.3 Å². The second-order valence-electron chi connectivity index (χ2n) is 5.56. The van der Waals surface area contributed by atoms with Gasteiger partial charge in [-0.15, -0.1) is 0 Å². The van der Waals surface area contributed by atoms with E-state index in [0.717, 1.165) is 11.1 Å². The van der Waals surface area contributed by atoms with Gasteiger partial charge in [0.15, 0.2) is 0 Å². The first kappa shape index (κ1) is 17.8. The van der Waals surface area contributed by atoms with Gasteiger partial charge in [0.2, 0.25) is 5.91 Å². The molecule has 0 heterocycles. The zero-order chi connectivity index (χ0) is 17.5. The Hall–Kier alpha value is -2.53. The molecule has 5 nitrogen and oxygen atoms in total. The minimum atomic E-state index is -0.658. The first-order valence-electron chi connectivity index (χ1n) is 7.55. The minimum absolute atomic E-state index is 0.0995. The van der Waals surface area contributed by atoms with Gasteiger partial charge in [0.05, 0.1) is 12.5 Å². The minimum Gasteiger partial charge on any atom is -0.352 e. The fraction of sp³-hybridized carbons (Fsp3) is 0.222. The molecule has 0 spiro atoms. The second-order valence-corrected chi connectivity index (χ2v) is 5.99. The molecule has 0 bridgehead atoms. The van der Waals surface area contributed by atoms with Crippen LogP contribution in [0.4, 0.5) is 4.79 Å². The third kappa shape index (κ3) is 5.28. The summed E-state index contributed by atoms with van der Waals surface area (Å²) < 4.78 is 0. The smallest absolute Gasteiger partial charge is 0.312 e. The van der Waals surface area contributed by atoms with Gasteiger partial charge in [0.25, 0.3) is 0 Å². The first-order valence-corrected chi connectivity index (χ1v) is 7.93. The van der Waals surface area contributed by atoms with Gasteiger partial charge in [0, 0.05) is 18.6 Å². The van der Waals surface area contributed by atoms with E-state index >= 15 is 0 Å². The van der Waals surface area contributed by atoms with Crippen molar-refractivity contribution in [2.75, 3.05) is 7.05 Å². The summed E-state index contributed by atoms with van der Waals surface area (Å²) in [6.45, 7) is 0.442. The van der Waals surface area contributed by atoms with E-state index in [1.807, 2.05) is 48.5 Å². The predicted octanol–water partition coefficient (Wildman–Crippen LogP) is 3.10. The van der Waals surface area contributed by atoms with Gasteiger partial charge in [-0.25, -0.2) is 4.79 Å². The highest BCUT2D eigenvalue weighted by Crippen LogP contribution is 2.18. The van der Waals surface area contributed by atoms with Gasteiger partial charge in [-0.05, 0) is 23.3 Å². The van der Waals surface area contributed by atoms with Crippen molar-refractivity contribution >= 4 is 23.5 Å². The predicted molar refractivity (Wildman–Crippen MR) is 94.4 cm³/mol. The Morgan fingerprint density at radius 2 is 1.88 bits per heavy atom. The molecule has 0 fully saturated rings. The third-order valence-corrected chi connectivity index (χ3v) is 3.87. The molecule has 6 heteroatoms. The van der Waals surface area contributed by atoms with E-state index in [1.54, 1.807) is 18.0 Å². The molecular formula is C18H20ClN3O2. The van der Waals surface area contributed by atoms with Crippen LogP contribution in [0.2, 0.25) is 5.02 Å². The highest BCUT2D eigenvalue weighted by Gasteiger charge is 2.19. The monoisotopic (exact) mass is 345 g/mol. The quantitative estimate of drug-likeness (QED) is 0.844. The molecule has 0 aliphatic heterocycles. The lowest BCUT2D eigenvalue weighted by molar-refractivity contribution is -0.130. The van der Waals surface area contributed by atoms with Gasteiger partial charge in [-0.3, -0.25) is 4.79 Å². The Morgan fingerprint density at radius 3 is 2.50 bits per heavy atom. The van der Waals surface area contributed by atoms with Crippen molar-refractivity contribution in [3.63, 3.8) is 0 Å². The van der Waals surface area contributed by atoms with E-state index in [-0.39, 0.29) is 12.3 Å². The lowest BCUT2D eigenvalue weighted by Gasteiger charge is -2.22. The molecule has 126 valence electrons. The fourth-order valence-corrected chi connectivity index (χ4v) is 2.65. The molecule has 0 radical (unpaired) electrons. The number of hydrogen-bond donors (Lipinski definition) is 2. The maximum Gasteiger partial charge on any atom is 0.312 e. The molecule has 0 aliphatic carbocycles. The maximum atomic E-state index is 12.5. The van der Waals surface area contributed by atoms with Crippen molar-refractivity contribution in [2.45, 2.75) is 19.0 Å². The number of rotatable bonds is 6. The van der Waals surface area contributed by atoms with Crippen LogP contribution < -0.4 is 11.1 Å². The van der Waals surface area contributed by atoms with Gasteiger partial charge < -0.3 is 16.0 Å². The van der Waals surface area contributed by atoms with Crippen LogP contribution in [0.1, 0.15) is 23.6 Å². The molecule has 1 atom stereocenters. The second kappa shape index (κ2) is 8.36. The topological polar surface area (TPSA) is 75.4 Å². The molecule has 1 unspecified atom stereocenters. The van der Waals surface area contributed by atoms with E-state index in [0.29, 0.717) is 11.6 Å².